The van der Waals surface area contributed by atoms with Gasteiger partial charge in [-0.05, 0) is 6.07 Å². The van der Waals surface area contributed by atoms with Crippen LogP contribution in [0, 0.1) is 5.82 Å². The molecule has 0 aliphatic carbocycles. The molecule has 1 aromatic carbocycles. The highest BCUT2D eigenvalue weighted by molar-refractivity contribution is 6.31. The first-order chi connectivity index (χ1) is 8.24. The van der Waals surface area contributed by atoms with Crippen LogP contribution in [0.4, 0.5) is 4.39 Å². The quantitative estimate of drug-likeness (QED) is 0.720. The third-order valence-electron chi connectivity index (χ3n) is 2.33. The van der Waals surface area contributed by atoms with Crippen molar-refractivity contribution < 1.29 is 4.39 Å². The first-order valence-corrected chi connectivity index (χ1v) is 5.23. The number of H-pyrrole nitrogens is 1. The molecule has 0 spiro atoms. The van der Waals surface area contributed by atoms with Crippen molar-refractivity contribution in [3.63, 3.8) is 0 Å². The van der Waals surface area contributed by atoms with Crippen LogP contribution in [0.15, 0.2) is 30.7 Å². The second-order valence-electron chi connectivity index (χ2n) is 3.46. The molecule has 84 valence electrons. The number of aromatic amines is 1. The molecule has 3 aromatic rings. The number of hydrogen-bond acceptors (Lipinski definition) is 3. The zero-order chi connectivity index (χ0) is 11.8. The van der Waals surface area contributed by atoms with Crippen LogP contribution in [0.1, 0.15) is 0 Å². The normalized spacial score (nSPS) is 10.9. The molecule has 2 aromatic heterocycles. The number of imidazole rings is 1. The van der Waals surface area contributed by atoms with Crippen LogP contribution in [0.5, 0.6) is 0 Å². The third-order valence-corrected chi connectivity index (χ3v) is 2.62. The van der Waals surface area contributed by atoms with Crippen LogP contribution in [0.2, 0.25) is 5.02 Å². The van der Waals surface area contributed by atoms with Crippen molar-refractivity contribution in [3.8, 4) is 11.5 Å². The van der Waals surface area contributed by atoms with E-state index in [1.807, 2.05) is 0 Å². The van der Waals surface area contributed by atoms with Crippen molar-refractivity contribution in [2.24, 2.45) is 0 Å². The van der Waals surface area contributed by atoms with E-state index in [-0.39, 0.29) is 5.02 Å². The van der Waals surface area contributed by atoms with Gasteiger partial charge in [0.05, 0.1) is 22.3 Å². The predicted molar refractivity (Wildman–Crippen MR) is 62.1 cm³/mol. The molecule has 2 heterocycles. The molecular weight excluding hydrogens is 243 g/mol. The smallest absolute Gasteiger partial charge is 0.158 e. The monoisotopic (exact) mass is 248 g/mol. The van der Waals surface area contributed by atoms with Crippen LogP contribution in [0.3, 0.4) is 0 Å². The fraction of sp³-hybridized carbons (Fsp3) is 0. The van der Waals surface area contributed by atoms with Crippen LogP contribution in [0.25, 0.3) is 22.6 Å². The maximum atomic E-state index is 13.3. The van der Waals surface area contributed by atoms with Crippen LogP contribution in [-0.2, 0) is 0 Å². The predicted octanol–water partition coefficient (Wildman–Crippen LogP) is 2.81. The molecule has 0 saturated heterocycles. The molecule has 0 amide bonds. The van der Waals surface area contributed by atoms with Gasteiger partial charge in [0.25, 0.3) is 0 Å². The second-order valence-corrected chi connectivity index (χ2v) is 3.87. The molecule has 0 aliphatic heterocycles. The van der Waals surface area contributed by atoms with Crippen LogP contribution in [-0.4, -0.2) is 19.9 Å². The summed E-state index contributed by atoms with van der Waals surface area (Å²) in [6.07, 6.45) is 4.72. The Morgan fingerprint density at radius 3 is 2.88 bits per heavy atom. The number of halogens is 2. The Kier molecular flexibility index (Phi) is 2.26. The van der Waals surface area contributed by atoms with Gasteiger partial charge in [-0.2, -0.15) is 0 Å². The summed E-state index contributed by atoms with van der Waals surface area (Å²) in [4.78, 5) is 15.3. The van der Waals surface area contributed by atoms with Gasteiger partial charge in [-0.1, -0.05) is 11.6 Å². The number of aromatic nitrogens is 4. The lowest BCUT2D eigenvalue weighted by atomic mass is 10.3. The minimum absolute atomic E-state index is 0.0506. The van der Waals surface area contributed by atoms with Crippen molar-refractivity contribution >= 4 is 22.6 Å². The molecule has 0 saturated carbocycles. The highest BCUT2D eigenvalue weighted by Crippen LogP contribution is 2.23. The van der Waals surface area contributed by atoms with Crippen LogP contribution < -0.4 is 0 Å². The average molecular weight is 249 g/mol. The summed E-state index contributed by atoms with van der Waals surface area (Å²) in [5, 5.41) is 0.0506. The van der Waals surface area contributed by atoms with Crippen molar-refractivity contribution in [1.29, 1.82) is 0 Å². The molecule has 0 aliphatic rings. The number of hydrogen-bond donors (Lipinski definition) is 1. The Hall–Kier alpha value is -2.01. The largest absolute Gasteiger partial charge is 0.337 e. The molecule has 1 N–H and O–H groups in total. The SMILES string of the molecule is Fc1cc2[nH]c(-c3cnccn3)nc2cc1Cl. The third kappa shape index (κ3) is 1.74. The summed E-state index contributed by atoms with van der Waals surface area (Å²) in [6.45, 7) is 0. The number of benzene rings is 1. The maximum Gasteiger partial charge on any atom is 0.158 e. The fourth-order valence-electron chi connectivity index (χ4n) is 1.55. The fourth-order valence-corrected chi connectivity index (χ4v) is 1.71. The average Bonchev–Trinajstić information content (AvgIpc) is 2.74. The molecule has 0 bridgehead atoms. The van der Waals surface area contributed by atoms with E-state index in [9.17, 15) is 4.39 Å². The molecule has 17 heavy (non-hydrogen) atoms. The highest BCUT2D eigenvalue weighted by Gasteiger charge is 2.09. The van der Waals surface area contributed by atoms with Crippen LogP contribution >= 0.6 is 11.6 Å². The molecular formula is C11H6ClFN4. The standard InChI is InChI=1S/C11H6ClFN4/c12-6-3-8-9(4-7(6)13)17-11(16-8)10-5-14-1-2-15-10/h1-5H,(H,16,17). The summed E-state index contributed by atoms with van der Waals surface area (Å²) in [5.74, 6) is 0.0586. The Labute approximate surface area is 101 Å². The van der Waals surface area contributed by atoms with Gasteiger partial charge in [0.2, 0.25) is 0 Å². The van der Waals surface area contributed by atoms with Crippen molar-refractivity contribution in [2.45, 2.75) is 0 Å². The summed E-state index contributed by atoms with van der Waals surface area (Å²) in [5.41, 5.74) is 1.77. The van der Waals surface area contributed by atoms with E-state index < -0.39 is 5.82 Å². The van der Waals surface area contributed by atoms with Crippen molar-refractivity contribution in [2.75, 3.05) is 0 Å². The van der Waals surface area contributed by atoms with E-state index in [0.717, 1.165) is 0 Å². The van der Waals surface area contributed by atoms with Crippen molar-refractivity contribution in [1.82, 2.24) is 19.9 Å². The summed E-state index contributed by atoms with van der Waals surface area (Å²) in [6, 6.07) is 2.78. The van der Waals surface area contributed by atoms with Crippen molar-refractivity contribution in [3.05, 3.63) is 41.6 Å². The molecule has 0 atom stereocenters. The molecule has 0 radical (unpaired) electrons. The lowest BCUT2D eigenvalue weighted by Crippen LogP contribution is -1.85. The first kappa shape index (κ1) is 10.2. The highest BCUT2D eigenvalue weighted by atomic mass is 35.5. The zero-order valence-corrected chi connectivity index (χ0v) is 9.24. The molecule has 3 rings (SSSR count). The van der Waals surface area contributed by atoms with Gasteiger partial charge in [0.15, 0.2) is 5.82 Å². The molecule has 0 fully saturated rings. The van der Waals surface area contributed by atoms with E-state index in [4.69, 9.17) is 11.6 Å². The number of nitrogens with zero attached hydrogens (tertiary/aromatic N) is 3. The molecule has 4 nitrogen and oxygen atoms in total. The summed E-state index contributed by atoms with van der Waals surface area (Å²) >= 11 is 5.69. The minimum Gasteiger partial charge on any atom is -0.337 e. The van der Waals surface area contributed by atoms with Gasteiger partial charge in [-0.25, -0.2) is 14.4 Å². The van der Waals surface area contributed by atoms with E-state index in [1.54, 1.807) is 18.6 Å². The van der Waals surface area contributed by atoms with Gasteiger partial charge >= 0.3 is 0 Å². The lowest BCUT2D eigenvalue weighted by molar-refractivity contribution is 0.630. The van der Waals surface area contributed by atoms with Gasteiger partial charge in [-0.3, -0.25) is 4.98 Å². The summed E-state index contributed by atoms with van der Waals surface area (Å²) < 4.78 is 13.3. The Morgan fingerprint density at radius 1 is 1.24 bits per heavy atom. The Bertz CT molecular complexity index is 642. The number of rotatable bonds is 1. The van der Waals surface area contributed by atoms with E-state index in [2.05, 4.69) is 19.9 Å². The first-order valence-electron chi connectivity index (χ1n) is 4.85. The zero-order valence-electron chi connectivity index (χ0n) is 8.48. The number of fused-ring (bicyclic) bond motifs is 1. The number of nitrogens with one attached hydrogen (secondary N) is 1. The van der Waals surface area contributed by atoms with E-state index in [0.29, 0.717) is 22.6 Å². The topological polar surface area (TPSA) is 54.5 Å². The Morgan fingerprint density at radius 2 is 2.12 bits per heavy atom. The maximum absolute atomic E-state index is 13.3. The second kappa shape index (κ2) is 3.78. The summed E-state index contributed by atoms with van der Waals surface area (Å²) in [7, 11) is 0. The van der Waals surface area contributed by atoms with E-state index in [1.165, 1.54) is 12.1 Å². The van der Waals surface area contributed by atoms with Gasteiger partial charge < -0.3 is 4.98 Å². The minimum atomic E-state index is -0.478. The van der Waals surface area contributed by atoms with Gasteiger partial charge in [0.1, 0.15) is 11.5 Å². The van der Waals surface area contributed by atoms with Gasteiger partial charge in [0, 0.05) is 18.5 Å². The lowest BCUT2D eigenvalue weighted by Gasteiger charge is -1.92. The molecule has 0 unspecified atom stereocenters. The molecule has 6 heteroatoms. The van der Waals surface area contributed by atoms with Gasteiger partial charge in [-0.15, -0.1) is 0 Å². The Balaban J connectivity index is 2.21. The van der Waals surface area contributed by atoms with E-state index >= 15 is 0 Å².